The molecule has 1 saturated heterocycles. The van der Waals surface area contributed by atoms with Crippen molar-refractivity contribution in [2.24, 2.45) is 5.92 Å². The summed E-state index contributed by atoms with van der Waals surface area (Å²) in [7, 11) is 0. The SMILES string of the molecule is CC1OC2CCC(c3ccccc3)CC2C(O)C1NC(=O)OCC(Cl)(Cl)Cl. The van der Waals surface area contributed by atoms with Gasteiger partial charge in [0.15, 0.2) is 0 Å². The van der Waals surface area contributed by atoms with Crippen LogP contribution in [0.5, 0.6) is 0 Å². The van der Waals surface area contributed by atoms with E-state index in [-0.39, 0.29) is 24.7 Å². The monoisotopic (exact) mass is 435 g/mol. The number of hydrogen-bond donors (Lipinski definition) is 2. The molecule has 0 aromatic heterocycles. The molecule has 0 bridgehead atoms. The van der Waals surface area contributed by atoms with Crippen LogP contribution in [0.2, 0.25) is 0 Å². The van der Waals surface area contributed by atoms with Crippen molar-refractivity contribution in [2.45, 2.75) is 60.3 Å². The number of ether oxygens (including phenoxy) is 2. The second-order valence-corrected chi connectivity index (χ2v) is 9.83. The molecule has 6 unspecified atom stereocenters. The zero-order valence-electron chi connectivity index (χ0n) is 15.0. The molecule has 1 aliphatic heterocycles. The van der Waals surface area contributed by atoms with E-state index in [0.29, 0.717) is 5.92 Å². The van der Waals surface area contributed by atoms with Crippen LogP contribution >= 0.6 is 34.8 Å². The van der Waals surface area contributed by atoms with Gasteiger partial charge in [0.05, 0.1) is 24.4 Å². The minimum Gasteiger partial charge on any atom is -0.445 e. The highest BCUT2D eigenvalue weighted by atomic mass is 35.6. The lowest BCUT2D eigenvalue weighted by Crippen LogP contribution is -2.61. The highest BCUT2D eigenvalue weighted by Crippen LogP contribution is 2.42. The molecule has 5 nitrogen and oxygen atoms in total. The number of halogens is 3. The quantitative estimate of drug-likeness (QED) is 0.697. The van der Waals surface area contributed by atoms with Gasteiger partial charge in [0, 0.05) is 5.92 Å². The number of nitrogens with one attached hydrogen (secondary N) is 1. The van der Waals surface area contributed by atoms with Crippen LogP contribution in [-0.2, 0) is 9.47 Å². The van der Waals surface area contributed by atoms with E-state index in [2.05, 4.69) is 17.4 Å². The van der Waals surface area contributed by atoms with E-state index in [4.69, 9.17) is 44.3 Å². The van der Waals surface area contributed by atoms with Crippen molar-refractivity contribution in [2.75, 3.05) is 6.61 Å². The number of amides is 1. The summed E-state index contributed by atoms with van der Waals surface area (Å²) in [5, 5.41) is 13.6. The van der Waals surface area contributed by atoms with Crippen LogP contribution in [0.4, 0.5) is 4.79 Å². The van der Waals surface area contributed by atoms with E-state index in [1.54, 1.807) is 0 Å². The number of alkyl carbamates (subject to hydrolysis) is 1. The molecule has 0 radical (unpaired) electrons. The first-order valence-corrected chi connectivity index (χ1v) is 10.3. The zero-order chi connectivity index (χ0) is 19.6. The molecule has 1 aliphatic carbocycles. The summed E-state index contributed by atoms with van der Waals surface area (Å²) in [5.41, 5.74) is 1.27. The lowest BCUT2D eigenvalue weighted by atomic mass is 9.71. The molecule has 6 atom stereocenters. The minimum absolute atomic E-state index is 0.00907. The number of carbonyl (C=O) groups is 1. The maximum atomic E-state index is 12.0. The first-order valence-electron chi connectivity index (χ1n) is 9.13. The Morgan fingerprint density at radius 3 is 2.67 bits per heavy atom. The fraction of sp³-hybridized carbons (Fsp3) is 0.632. The second kappa shape index (κ2) is 8.75. The number of benzene rings is 1. The van der Waals surface area contributed by atoms with Crippen molar-refractivity contribution in [3.63, 3.8) is 0 Å². The van der Waals surface area contributed by atoms with Gasteiger partial charge in [-0.15, -0.1) is 0 Å². The summed E-state index contributed by atoms with van der Waals surface area (Å²) < 4.78 is 9.34. The third-order valence-electron chi connectivity index (χ3n) is 5.46. The molecular weight excluding hydrogens is 413 g/mol. The number of aliphatic hydroxyl groups is 1. The van der Waals surface area contributed by atoms with Gasteiger partial charge in [-0.05, 0) is 37.7 Å². The van der Waals surface area contributed by atoms with Gasteiger partial charge in [-0.25, -0.2) is 4.79 Å². The lowest BCUT2D eigenvalue weighted by molar-refractivity contribution is -0.162. The Bertz CT molecular complexity index is 640. The molecule has 1 aromatic carbocycles. The predicted octanol–water partition coefficient (Wildman–Crippen LogP) is 4.18. The molecule has 2 fully saturated rings. The van der Waals surface area contributed by atoms with Crippen LogP contribution in [0.25, 0.3) is 0 Å². The van der Waals surface area contributed by atoms with E-state index in [9.17, 15) is 9.90 Å². The Morgan fingerprint density at radius 2 is 2.00 bits per heavy atom. The van der Waals surface area contributed by atoms with Crippen LogP contribution in [0.15, 0.2) is 30.3 Å². The van der Waals surface area contributed by atoms with Gasteiger partial charge in [0.1, 0.15) is 6.61 Å². The number of hydrogen-bond acceptors (Lipinski definition) is 4. The van der Waals surface area contributed by atoms with Gasteiger partial charge in [0.2, 0.25) is 3.79 Å². The van der Waals surface area contributed by atoms with Gasteiger partial charge in [-0.2, -0.15) is 0 Å². The molecule has 27 heavy (non-hydrogen) atoms. The summed E-state index contributed by atoms with van der Waals surface area (Å²) in [6, 6.07) is 9.72. The van der Waals surface area contributed by atoms with E-state index < -0.39 is 22.0 Å². The fourth-order valence-corrected chi connectivity index (χ4v) is 4.33. The highest BCUT2D eigenvalue weighted by Gasteiger charge is 2.46. The standard InChI is InChI=1S/C19H24Cl3NO4/c1-11-16(23-18(25)26-10-19(20,21)22)17(24)14-9-13(7-8-15(14)27-11)12-5-3-2-4-6-12/h2-6,11,13-17,24H,7-10H2,1H3,(H,23,25). The summed E-state index contributed by atoms with van der Waals surface area (Å²) in [6.07, 6.45) is 0.897. The van der Waals surface area contributed by atoms with Crippen molar-refractivity contribution in [3.8, 4) is 0 Å². The number of carbonyl (C=O) groups excluding carboxylic acids is 1. The number of fused-ring (bicyclic) bond motifs is 1. The Hall–Kier alpha value is -0.720. The van der Waals surface area contributed by atoms with E-state index >= 15 is 0 Å². The Morgan fingerprint density at radius 1 is 1.30 bits per heavy atom. The molecule has 2 N–H and O–H groups in total. The van der Waals surface area contributed by atoms with Crippen molar-refractivity contribution < 1.29 is 19.4 Å². The van der Waals surface area contributed by atoms with Gasteiger partial charge in [0.25, 0.3) is 0 Å². The summed E-state index contributed by atoms with van der Waals surface area (Å²) in [4.78, 5) is 12.0. The van der Waals surface area contributed by atoms with Crippen LogP contribution in [0, 0.1) is 5.92 Å². The van der Waals surface area contributed by atoms with Gasteiger partial charge in [-0.1, -0.05) is 65.1 Å². The van der Waals surface area contributed by atoms with E-state index in [1.165, 1.54) is 5.56 Å². The molecule has 1 aromatic rings. The summed E-state index contributed by atoms with van der Waals surface area (Å²) in [6.45, 7) is 1.46. The third-order valence-corrected chi connectivity index (χ3v) is 5.79. The number of alkyl halides is 3. The molecule has 8 heteroatoms. The average Bonchev–Trinajstić information content (AvgIpc) is 2.63. The Kier molecular flexibility index (Phi) is 6.80. The van der Waals surface area contributed by atoms with Crippen LogP contribution < -0.4 is 5.32 Å². The highest BCUT2D eigenvalue weighted by molar-refractivity contribution is 6.67. The van der Waals surface area contributed by atoms with Crippen molar-refractivity contribution >= 4 is 40.9 Å². The minimum atomic E-state index is -1.68. The van der Waals surface area contributed by atoms with Crippen LogP contribution in [0.1, 0.15) is 37.7 Å². The first kappa shape index (κ1) is 21.0. The molecule has 3 rings (SSSR count). The molecule has 1 saturated carbocycles. The number of rotatable bonds is 3. The normalized spacial score (nSPS) is 33.8. The maximum absolute atomic E-state index is 12.0. The topological polar surface area (TPSA) is 67.8 Å². The smallest absolute Gasteiger partial charge is 0.407 e. The Labute approximate surface area is 174 Å². The van der Waals surface area contributed by atoms with Crippen molar-refractivity contribution in [3.05, 3.63) is 35.9 Å². The van der Waals surface area contributed by atoms with Crippen LogP contribution in [-0.4, -0.2) is 46.0 Å². The van der Waals surface area contributed by atoms with Gasteiger partial charge >= 0.3 is 6.09 Å². The number of aliphatic hydroxyl groups excluding tert-OH is 1. The van der Waals surface area contributed by atoms with Crippen molar-refractivity contribution in [1.29, 1.82) is 0 Å². The molecular formula is C19H24Cl3NO4. The molecule has 150 valence electrons. The average molecular weight is 437 g/mol. The third kappa shape index (κ3) is 5.42. The molecule has 2 aliphatic rings. The molecule has 0 spiro atoms. The van der Waals surface area contributed by atoms with E-state index in [0.717, 1.165) is 19.3 Å². The predicted molar refractivity (Wildman–Crippen MR) is 105 cm³/mol. The summed E-state index contributed by atoms with van der Waals surface area (Å²) in [5.74, 6) is 0.315. The largest absolute Gasteiger partial charge is 0.445 e. The van der Waals surface area contributed by atoms with E-state index in [1.807, 2.05) is 25.1 Å². The van der Waals surface area contributed by atoms with Gasteiger partial charge in [-0.3, -0.25) is 0 Å². The molecule has 1 heterocycles. The second-order valence-electron chi connectivity index (χ2n) is 7.32. The lowest BCUT2D eigenvalue weighted by Gasteiger charge is -2.48. The zero-order valence-corrected chi connectivity index (χ0v) is 17.3. The summed E-state index contributed by atoms with van der Waals surface area (Å²) >= 11 is 16.8. The van der Waals surface area contributed by atoms with Gasteiger partial charge < -0.3 is 19.9 Å². The van der Waals surface area contributed by atoms with Crippen molar-refractivity contribution in [1.82, 2.24) is 5.32 Å². The fourth-order valence-electron chi connectivity index (χ4n) is 4.17. The first-order chi connectivity index (χ1) is 12.7. The van der Waals surface area contributed by atoms with Crippen LogP contribution in [0.3, 0.4) is 0 Å². The maximum Gasteiger partial charge on any atom is 0.407 e. The molecule has 1 amide bonds. The Balaban J connectivity index is 1.63.